The van der Waals surface area contributed by atoms with E-state index in [1.807, 2.05) is 29.8 Å². The van der Waals surface area contributed by atoms with E-state index in [4.69, 9.17) is 0 Å². The third-order valence-electron chi connectivity index (χ3n) is 3.51. The third-order valence-corrected chi connectivity index (χ3v) is 4.19. The number of carbonyl (C=O) groups excluding carboxylic acids is 1. The van der Waals surface area contributed by atoms with Crippen LogP contribution in [0.25, 0.3) is 0 Å². The van der Waals surface area contributed by atoms with E-state index in [1.54, 1.807) is 0 Å². The largest absolute Gasteiger partial charge is 0.357 e. The maximum Gasteiger partial charge on any atom is 0.252 e. The molecule has 110 valence electrons. The number of hydrogen-bond donors (Lipinski definition) is 1. The molecule has 0 atom stereocenters. The monoisotopic (exact) mass is 302 g/mol. The van der Waals surface area contributed by atoms with E-state index in [0.717, 1.165) is 24.6 Å². The summed E-state index contributed by atoms with van der Waals surface area (Å²) in [6, 6.07) is 3.82. The number of aryl methyl sites for hydroxylation is 1. The number of amides is 1. The lowest BCUT2D eigenvalue weighted by atomic mass is 10.3. The van der Waals surface area contributed by atoms with Crippen molar-refractivity contribution in [3.63, 3.8) is 0 Å². The highest BCUT2D eigenvalue weighted by Gasteiger charge is 2.15. The van der Waals surface area contributed by atoms with Crippen LogP contribution in [0.15, 0.2) is 22.9 Å². The maximum atomic E-state index is 11.9. The van der Waals surface area contributed by atoms with Gasteiger partial charge in [-0.3, -0.25) is 4.79 Å². The Kier molecular flexibility index (Phi) is 4.15. The molecule has 1 saturated heterocycles. The lowest BCUT2D eigenvalue weighted by Gasteiger charge is -2.17. The summed E-state index contributed by atoms with van der Waals surface area (Å²) in [6.07, 6.45) is 2.43. The molecule has 3 rings (SSSR count). The first-order valence-electron chi connectivity index (χ1n) is 7.12. The van der Waals surface area contributed by atoms with E-state index in [1.165, 1.54) is 24.2 Å². The lowest BCUT2D eigenvalue weighted by Crippen LogP contribution is -2.25. The molecule has 0 radical (unpaired) electrons. The highest BCUT2D eigenvalue weighted by Crippen LogP contribution is 2.18. The van der Waals surface area contributed by atoms with Crippen molar-refractivity contribution in [2.24, 2.45) is 0 Å². The average molecular weight is 302 g/mol. The average Bonchev–Trinajstić information content (AvgIpc) is 3.16. The molecule has 3 heterocycles. The highest BCUT2D eigenvalue weighted by molar-refractivity contribution is 7.08. The number of nitrogens with one attached hydrogen (secondary N) is 1. The number of thiophene rings is 1. The van der Waals surface area contributed by atoms with Gasteiger partial charge in [-0.05, 0) is 31.2 Å². The second-order valence-corrected chi connectivity index (χ2v) is 5.95. The van der Waals surface area contributed by atoms with Crippen LogP contribution >= 0.6 is 11.3 Å². The number of carbonyl (C=O) groups is 1. The maximum absolute atomic E-state index is 11.9. The zero-order chi connectivity index (χ0) is 14.7. The molecule has 5 nitrogen and oxygen atoms in total. The van der Waals surface area contributed by atoms with Gasteiger partial charge < -0.3 is 10.2 Å². The summed E-state index contributed by atoms with van der Waals surface area (Å²) in [6.45, 7) is 4.43. The van der Waals surface area contributed by atoms with Gasteiger partial charge in [-0.1, -0.05) is 0 Å². The summed E-state index contributed by atoms with van der Waals surface area (Å²) in [5.74, 6) is 1.56. The highest BCUT2D eigenvalue weighted by atomic mass is 32.1. The Morgan fingerprint density at radius 2 is 2.19 bits per heavy atom. The first-order valence-corrected chi connectivity index (χ1v) is 8.06. The van der Waals surface area contributed by atoms with Gasteiger partial charge in [0.15, 0.2) is 0 Å². The van der Waals surface area contributed by atoms with E-state index in [-0.39, 0.29) is 5.91 Å². The van der Waals surface area contributed by atoms with Gasteiger partial charge in [0.05, 0.1) is 6.54 Å². The molecule has 0 bridgehead atoms. The number of hydrogen-bond acceptors (Lipinski definition) is 5. The van der Waals surface area contributed by atoms with E-state index in [9.17, 15) is 4.79 Å². The molecule has 21 heavy (non-hydrogen) atoms. The molecular weight excluding hydrogens is 284 g/mol. The number of rotatable bonds is 4. The fraction of sp³-hybridized carbons (Fsp3) is 0.400. The van der Waals surface area contributed by atoms with Gasteiger partial charge >= 0.3 is 0 Å². The zero-order valence-corrected chi connectivity index (χ0v) is 12.8. The summed E-state index contributed by atoms with van der Waals surface area (Å²) in [5, 5.41) is 6.60. The Hall–Kier alpha value is -1.95. The van der Waals surface area contributed by atoms with E-state index >= 15 is 0 Å². The fourth-order valence-electron chi connectivity index (χ4n) is 2.45. The summed E-state index contributed by atoms with van der Waals surface area (Å²) in [4.78, 5) is 23.2. The predicted molar refractivity (Wildman–Crippen MR) is 83.7 cm³/mol. The molecule has 1 aliphatic heterocycles. The molecule has 0 saturated carbocycles. The molecule has 6 heteroatoms. The van der Waals surface area contributed by atoms with Crippen LogP contribution in [0.2, 0.25) is 0 Å². The van der Waals surface area contributed by atoms with Gasteiger partial charge in [0.1, 0.15) is 11.6 Å². The molecule has 0 aromatic carbocycles. The minimum atomic E-state index is -0.0796. The van der Waals surface area contributed by atoms with Crippen molar-refractivity contribution in [3.05, 3.63) is 40.0 Å². The summed E-state index contributed by atoms with van der Waals surface area (Å²) >= 11 is 1.51. The van der Waals surface area contributed by atoms with Crippen LogP contribution in [0, 0.1) is 6.92 Å². The van der Waals surface area contributed by atoms with Gasteiger partial charge in [-0.2, -0.15) is 11.3 Å². The Morgan fingerprint density at radius 3 is 2.90 bits per heavy atom. The van der Waals surface area contributed by atoms with Crippen LogP contribution in [0.5, 0.6) is 0 Å². The molecule has 1 fully saturated rings. The first-order chi connectivity index (χ1) is 10.2. The Balaban J connectivity index is 1.69. The van der Waals surface area contributed by atoms with Crippen LogP contribution in [0.4, 0.5) is 5.82 Å². The number of aromatic nitrogens is 2. The second kappa shape index (κ2) is 6.22. The van der Waals surface area contributed by atoms with Crippen LogP contribution in [0.3, 0.4) is 0 Å². The molecule has 1 amide bonds. The molecule has 2 aromatic heterocycles. The van der Waals surface area contributed by atoms with E-state index < -0.39 is 0 Å². The van der Waals surface area contributed by atoms with Gasteiger partial charge in [0.25, 0.3) is 5.91 Å². The summed E-state index contributed by atoms with van der Waals surface area (Å²) in [5.41, 5.74) is 1.62. The molecule has 0 aliphatic carbocycles. The molecule has 0 spiro atoms. The van der Waals surface area contributed by atoms with Crippen molar-refractivity contribution in [1.29, 1.82) is 0 Å². The lowest BCUT2D eigenvalue weighted by molar-refractivity contribution is 0.0950. The minimum Gasteiger partial charge on any atom is -0.357 e. The standard InChI is InChI=1S/C15H18N4OS/c1-11-8-14(19-5-2-3-6-19)18-13(17-11)9-16-15(20)12-4-7-21-10-12/h4,7-8,10H,2-3,5-6,9H2,1H3,(H,16,20). The minimum absolute atomic E-state index is 0.0796. The van der Waals surface area contributed by atoms with Crippen LogP contribution in [-0.2, 0) is 6.54 Å². The van der Waals surface area contributed by atoms with Crippen molar-refractivity contribution in [3.8, 4) is 0 Å². The predicted octanol–water partition coefficient (Wildman–Crippen LogP) is 2.38. The zero-order valence-electron chi connectivity index (χ0n) is 12.0. The molecule has 1 aliphatic rings. The Labute approximate surface area is 128 Å². The van der Waals surface area contributed by atoms with Crippen molar-refractivity contribution < 1.29 is 4.79 Å². The SMILES string of the molecule is Cc1cc(N2CCCC2)nc(CNC(=O)c2ccsc2)n1. The van der Waals surface area contributed by atoms with Crippen LogP contribution < -0.4 is 10.2 Å². The Morgan fingerprint density at radius 1 is 1.38 bits per heavy atom. The van der Waals surface area contributed by atoms with Gasteiger partial charge in [0, 0.05) is 35.8 Å². The smallest absolute Gasteiger partial charge is 0.252 e. The normalized spacial score (nSPS) is 14.4. The van der Waals surface area contributed by atoms with Crippen molar-refractivity contribution >= 4 is 23.1 Å². The van der Waals surface area contributed by atoms with Crippen molar-refractivity contribution in [2.45, 2.75) is 26.3 Å². The fourth-order valence-corrected chi connectivity index (χ4v) is 3.09. The van der Waals surface area contributed by atoms with Crippen molar-refractivity contribution in [1.82, 2.24) is 15.3 Å². The quantitative estimate of drug-likeness (QED) is 0.942. The summed E-state index contributed by atoms with van der Waals surface area (Å²) in [7, 11) is 0. The molecular formula is C15H18N4OS. The number of anilines is 1. The topological polar surface area (TPSA) is 58.1 Å². The van der Waals surface area contributed by atoms with E-state index in [2.05, 4.69) is 20.2 Å². The molecule has 1 N–H and O–H groups in total. The third kappa shape index (κ3) is 3.39. The second-order valence-electron chi connectivity index (χ2n) is 5.17. The first kappa shape index (κ1) is 14.0. The number of nitrogens with zero attached hydrogens (tertiary/aromatic N) is 3. The van der Waals surface area contributed by atoms with Gasteiger partial charge in [-0.25, -0.2) is 9.97 Å². The summed E-state index contributed by atoms with van der Waals surface area (Å²) < 4.78 is 0. The molecule has 0 unspecified atom stereocenters. The van der Waals surface area contributed by atoms with Gasteiger partial charge in [0.2, 0.25) is 0 Å². The van der Waals surface area contributed by atoms with Crippen molar-refractivity contribution in [2.75, 3.05) is 18.0 Å². The van der Waals surface area contributed by atoms with E-state index in [0.29, 0.717) is 17.9 Å². The Bertz CT molecular complexity index is 621. The van der Waals surface area contributed by atoms with Gasteiger partial charge in [-0.15, -0.1) is 0 Å². The van der Waals surface area contributed by atoms with Crippen LogP contribution in [-0.4, -0.2) is 29.0 Å². The van der Waals surface area contributed by atoms with Crippen LogP contribution in [0.1, 0.15) is 34.7 Å². The molecule has 2 aromatic rings.